The lowest BCUT2D eigenvalue weighted by molar-refractivity contribution is 0.104. The Kier molecular flexibility index (Phi) is 25.5. The van der Waals surface area contributed by atoms with Crippen molar-refractivity contribution < 1.29 is 9.53 Å². The molecule has 0 amide bonds. The highest BCUT2D eigenvalue weighted by atomic mass is 32.2. The van der Waals surface area contributed by atoms with Gasteiger partial charge < -0.3 is 4.74 Å². The van der Waals surface area contributed by atoms with Crippen LogP contribution in [0.25, 0.3) is 6.08 Å². The van der Waals surface area contributed by atoms with Crippen LogP contribution in [0.1, 0.15) is 184 Å². The van der Waals surface area contributed by atoms with E-state index in [-0.39, 0.29) is 5.78 Å². The first-order chi connectivity index (χ1) is 22.7. The maximum atomic E-state index is 12.7. The number of ether oxygens (including phenoxy) is 1. The summed E-state index contributed by atoms with van der Waals surface area (Å²) in [5, 5.41) is 0. The molecule has 0 spiro atoms. The molecule has 0 radical (unpaired) electrons. The lowest BCUT2D eigenvalue weighted by atomic mass is 10.0. The van der Waals surface area contributed by atoms with Gasteiger partial charge in [-0.25, -0.2) is 0 Å². The minimum Gasteiger partial charge on any atom is -0.494 e. The molecule has 0 aromatic heterocycles. The Morgan fingerprint density at radius 2 is 0.978 bits per heavy atom. The molecule has 0 saturated carbocycles. The van der Waals surface area contributed by atoms with Crippen LogP contribution >= 0.6 is 11.8 Å². The number of carbonyl (C=O) groups excluding carboxylic acids is 1. The summed E-state index contributed by atoms with van der Waals surface area (Å²) < 4.78 is 5.81. The van der Waals surface area contributed by atoms with E-state index in [9.17, 15) is 4.79 Å². The Hall–Kier alpha value is -2.00. The maximum absolute atomic E-state index is 12.7. The first kappa shape index (κ1) is 40.2. The number of benzene rings is 2. The molecule has 2 nitrogen and oxygen atoms in total. The van der Waals surface area contributed by atoms with Crippen LogP contribution < -0.4 is 4.74 Å². The molecule has 0 aliphatic rings. The van der Waals surface area contributed by atoms with E-state index >= 15 is 0 Å². The standard InChI is InChI=1S/C43H68O2S/c1-3-5-7-9-10-11-12-13-14-15-16-17-18-19-20-21-22-23-24-26-38-46-42-34-30-40(31-35-42)43(44)36-29-39-27-32-41(33-28-39)45-37-25-8-6-4-2/h27-36H,3-26,37-38H2,1-2H3/b36-29+. The maximum Gasteiger partial charge on any atom is 0.185 e. The van der Waals surface area contributed by atoms with Gasteiger partial charge in [-0.3, -0.25) is 4.79 Å². The van der Waals surface area contributed by atoms with Crippen LogP contribution in [0, 0.1) is 0 Å². The van der Waals surface area contributed by atoms with Crippen LogP contribution in [0.4, 0.5) is 0 Å². The average molecular weight is 649 g/mol. The summed E-state index contributed by atoms with van der Waals surface area (Å²) in [4.78, 5) is 13.9. The molecule has 2 aromatic carbocycles. The topological polar surface area (TPSA) is 26.3 Å². The Bertz CT molecular complexity index is 994. The fourth-order valence-electron chi connectivity index (χ4n) is 5.92. The molecule has 0 aliphatic carbocycles. The zero-order valence-corrected chi connectivity index (χ0v) is 30.7. The van der Waals surface area contributed by atoms with E-state index in [0.29, 0.717) is 0 Å². The predicted octanol–water partition coefficient (Wildman–Crippen LogP) is 14.5. The highest BCUT2D eigenvalue weighted by molar-refractivity contribution is 7.99. The normalized spacial score (nSPS) is 11.4. The zero-order valence-electron chi connectivity index (χ0n) is 29.9. The van der Waals surface area contributed by atoms with E-state index in [1.165, 1.54) is 153 Å². The number of hydrogen-bond donors (Lipinski definition) is 0. The van der Waals surface area contributed by atoms with E-state index in [0.717, 1.165) is 35.7 Å². The lowest BCUT2D eigenvalue weighted by Crippen LogP contribution is -1.97. The number of carbonyl (C=O) groups is 1. The molecule has 0 N–H and O–H groups in total. The summed E-state index contributed by atoms with van der Waals surface area (Å²) in [6, 6.07) is 16.1. The third-order valence-corrected chi connectivity index (χ3v) is 10.1. The molecule has 0 atom stereocenters. The first-order valence-electron chi connectivity index (χ1n) is 19.4. The Morgan fingerprint density at radius 3 is 1.46 bits per heavy atom. The smallest absolute Gasteiger partial charge is 0.185 e. The Labute approximate surface area is 289 Å². The summed E-state index contributed by atoms with van der Waals surface area (Å²) in [7, 11) is 0. The van der Waals surface area contributed by atoms with E-state index in [1.807, 2.05) is 54.2 Å². The highest BCUT2D eigenvalue weighted by Crippen LogP contribution is 2.22. The van der Waals surface area contributed by atoms with Crippen LogP contribution in [0.5, 0.6) is 5.75 Å². The average Bonchev–Trinajstić information content (AvgIpc) is 3.08. The number of hydrogen-bond acceptors (Lipinski definition) is 3. The van der Waals surface area contributed by atoms with E-state index in [2.05, 4.69) is 26.0 Å². The Morgan fingerprint density at radius 1 is 0.543 bits per heavy atom. The van der Waals surface area contributed by atoms with Crippen LogP contribution in [-0.4, -0.2) is 18.1 Å². The third-order valence-electron chi connectivity index (χ3n) is 8.98. The molecule has 0 unspecified atom stereocenters. The molecule has 0 bridgehead atoms. The molecular formula is C43H68O2S. The van der Waals surface area contributed by atoms with Crippen molar-refractivity contribution in [2.45, 2.75) is 173 Å². The number of rotatable bonds is 31. The second-order valence-corrected chi connectivity index (χ2v) is 14.4. The van der Waals surface area contributed by atoms with E-state index in [1.54, 1.807) is 6.08 Å². The fourth-order valence-corrected chi connectivity index (χ4v) is 6.84. The minimum absolute atomic E-state index is 0.0434. The number of allylic oxidation sites excluding steroid dienone is 1. The van der Waals surface area contributed by atoms with Gasteiger partial charge in [0.2, 0.25) is 0 Å². The van der Waals surface area contributed by atoms with Crippen LogP contribution in [0.2, 0.25) is 0 Å². The SMILES string of the molecule is CCCCCCCCCCCCCCCCCCCCCCSc1ccc(C(=O)/C=C/c2ccc(OCCCCCC)cc2)cc1. The van der Waals surface area contributed by atoms with Crippen LogP contribution in [0.15, 0.2) is 59.5 Å². The minimum atomic E-state index is 0.0434. The second-order valence-electron chi connectivity index (χ2n) is 13.3. The molecular weight excluding hydrogens is 581 g/mol. The van der Waals surface area contributed by atoms with Crippen molar-refractivity contribution in [2.24, 2.45) is 0 Å². The van der Waals surface area contributed by atoms with Crippen molar-refractivity contribution in [1.82, 2.24) is 0 Å². The predicted molar refractivity (Wildman–Crippen MR) is 205 cm³/mol. The van der Waals surface area contributed by atoms with Crippen molar-refractivity contribution in [3.63, 3.8) is 0 Å². The quantitative estimate of drug-likeness (QED) is 0.0352. The summed E-state index contributed by atoms with van der Waals surface area (Å²) in [6.07, 6.45) is 36.8. The molecule has 258 valence electrons. The van der Waals surface area contributed by atoms with Crippen molar-refractivity contribution >= 4 is 23.6 Å². The molecule has 0 heterocycles. The van der Waals surface area contributed by atoms with E-state index in [4.69, 9.17) is 4.74 Å². The summed E-state index contributed by atoms with van der Waals surface area (Å²) in [5.74, 6) is 2.09. The van der Waals surface area contributed by atoms with Crippen LogP contribution in [-0.2, 0) is 0 Å². The lowest BCUT2D eigenvalue weighted by Gasteiger charge is -2.06. The van der Waals surface area contributed by atoms with Crippen molar-refractivity contribution in [3.05, 3.63) is 65.7 Å². The molecule has 46 heavy (non-hydrogen) atoms. The van der Waals surface area contributed by atoms with Gasteiger partial charge in [0.05, 0.1) is 6.61 Å². The van der Waals surface area contributed by atoms with Crippen molar-refractivity contribution in [3.8, 4) is 5.75 Å². The summed E-state index contributed by atoms with van der Waals surface area (Å²) in [6.45, 7) is 5.28. The van der Waals surface area contributed by atoms with Gasteiger partial charge in [-0.05, 0) is 66.6 Å². The zero-order chi connectivity index (χ0) is 32.8. The fraction of sp³-hybridized carbons (Fsp3) is 0.651. The van der Waals surface area contributed by atoms with Gasteiger partial charge in [0.25, 0.3) is 0 Å². The molecule has 2 rings (SSSR count). The van der Waals surface area contributed by atoms with Gasteiger partial charge in [-0.2, -0.15) is 0 Å². The number of thioether (sulfide) groups is 1. The van der Waals surface area contributed by atoms with Gasteiger partial charge in [-0.15, -0.1) is 11.8 Å². The van der Waals surface area contributed by atoms with Gasteiger partial charge in [0.15, 0.2) is 5.78 Å². The third kappa shape index (κ3) is 21.7. The van der Waals surface area contributed by atoms with Gasteiger partial charge in [-0.1, -0.05) is 173 Å². The van der Waals surface area contributed by atoms with Gasteiger partial charge in [0, 0.05) is 10.5 Å². The first-order valence-corrected chi connectivity index (χ1v) is 20.4. The van der Waals surface area contributed by atoms with Crippen LogP contribution in [0.3, 0.4) is 0 Å². The summed E-state index contributed by atoms with van der Waals surface area (Å²) >= 11 is 1.91. The van der Waals surface area contributed by atoms with Gasteiger partial charge in [0.1, 0.15) is 5.75 Å². The molecule has 0 saturated heterocycles. The molecule has 0 fully saturated rings. The molecule has 3 heteroatoms. The largest absolute Gasteiger partial charge is 0.494 e. The van der Waals surface area contributed by atoms with Crippen molar-refractivity contribution in [1.29, 1.82) is 0 Å². The van der Waals surface area contributed by atoms with Crippen molar-refractivity contribution in [2.75, 3.05) is 12.4 Å². The molecule has 2 aromatic rings. The number of unbranched alkanes of at least 4 members (excludes halogenated alkanes) is 22. The second kappa shape index (κ2) is 29.2. The Balaban J connectivity index is 1.41. The summed E-state index contributed by atoms with van der Waals surface area (Å²) in [5.41, 5.74) is 1.75. The van der Waals surface area contributed by atoms with E-state index < -0.39 is 0 Å². The monoisotopic (exact) mass is 648 g/mol. The molecule has 0 aliphatic heterocycles. The highest BCUT2D eigenvalue weighted by Gasteiger charge is 2.03. The van der Waals surface area contributed by atoms with Gasteiger partial charge >= 0.3 is 0 Å². The number of ketones is 1.